The van der Waals surface area contributed by atoms with Crippen LogP contribution in [0, 0.1) is 6.92 Å². The Balaban J connectivity index is 2.28. The molecule has 1 aromatic carbocycles. The van der Waals surface area contributed by atoms with Gasteiger partial charge in [-0.25, -0.2) is 13.4 Å². The number of sulfonamides is 1. The van der Waals surface area contributed by atoms with Gasteiger partial charge in [-0.1, -0.05) is 15.9 Å². The van der Waals surface area contributed by atoms with Gasteiger partial charge in [0.25, 0.3) is 10.0 Å². The molecule has 0 aliphatic heterocycles. The first-order valence-corrected chi connectivity index (χ1v) is 7.61. The third-order valence-electron chi connectivity index (χ3n) is 1.87. The van der Waals surface area contributed by atoms with E-state index in [-0.39, 0.29) is 10.0 Å². The van der Waals surface area contributed by atoms with Crippen molar-refractivity contribution in [3.8, 4) is 0 Å². The summed E-state index contributed by atoms with van der Waals surface area (Å²) in [7, 11) is -3.58. The fraction of sp³-hybridized carbons (Fsp3) is 0.111. The molecular weight excluding hydrogens is 326 g/mol. The maximum absolute atomic E-state index is 11.9. The van der Waals surface area contributed by atoms with E-state index in [2.05, 4.69) is 30.0 Å². The van der Waals surface area contributed by atoms with Crippen LogP contribution in [-0.2, 0) is 10.0 Å². The zero-order valence-corrected chi connectivity index (χ0v) is 11.9. The zero-order valence-electron chi connectivity index (χ0n) is 8.71. The van der Waals surface area contributed by atoms with E-state index in [0.29, 0.717) is 5.82 Å². The summed E-state index contributed by atoms with van der Waals surface area (Å²) in [6.07, 6.45) is 0. The lowest BCUT2D eigenvalue weighted by Crippen LogP contribution is -2.12. The van der Waals surface area contributed by atoms with Gasteiger partial charge in [-0.2, -0.15) is 4.37 Å². The van der Waals surface area contributed by atoms with Gasteiger partial charge >= 0.3 is 0 Å². The number of halogens is 1. The maximum atomic E-state index is 11.9. The van der Waals surface area contributed by atoms with E-state index in [1.807, 2.05) is 0 Å². The summed E-state index contributed by atoms with van der Waals surface area (Å²) < 4.78 is 31.0. The lowest BCUT2D eigenvalue weighted by Gasteiger charge is -2.04. The van der Waals surface area contributed by atoms with Gasteiger partial charge in [-0.05, 0) is 31.2 Å². The Kier molecular flexibility index (Phi) is 3.45. The molecule has 0 aliphatic carbocycles. The Hall–Kier alpha value is -0.990. The minimum atomic E-state index is -3.58. The Morgan fingerprint density at radius 1 is 1.29 bits per heavy atom. The van der Waals surface area contributed by atoms with Crippen molar-refractivity contribution in [2.75, 3.05) is 4.72 Å². The fourth-order valence-corrected chi connectivity index (χ4v) is 3.19. The predicted octanol–water partition coefficient (Wildman–Crippen LogP) is 2.41. The number of rotatable bonds is 3. The molecule has 2 rings (SSSR count). The first-order valence-electron chi connectivity index (χ1n) is 4.56. The summed E-state index contributed by atoms with van der Waals surface area (Å²) in [5, 5.41) is 0.269. The Morgan fingerprint density at radius 2 is 1.94 bits per heavy atom. The summed E-state index contributed by atoms with van der Waals surface area (Å²) in [6, 6.07) is 6.36. The summed E-state index contributed by atoms with van der Waals surface area (Å²) in [5.74, 6) is 0.545. The minimum absolute atomic E-state index is 0.188. The van der Waals surface area contributed by atoms with Crippen LogP contribution in [0.4, 0.5) is 5.13 Å². The van der Waals surface area contributed by atoms with Crippen LogP contribution in [0.15, 0.2) is 33.6 Å². The van der Waals surface area contributed by atoms with Crippen molar-refractivity contribution in [1.29, 1.82) is 0 Å². The molecule has 1 heterocycles. The van der Waals surface area contributed by atoms with Crippen LogP contribution in [0.2, 0.25) is 0 Å². The third-order valence-corrected chi connectivity index (χ3v) is 4.61. The molecule has 90 valence electrons. The largest absolute Gasteiger partial charge is 0.263 e. The summed E-state index contributed by atoms with van der Waals surface area (Å²) in [6.45, 7) is 1.70. The van der Waals surface area contributed by atoms with Gasteiger partial charge in [0.05, 0.1) is 4.90 Å². The predicted molar refractivity (Wildman–Crippen MR) is 69.6 cm³/mol. The molecular formula is C9H8BrN3O2S2. The number of hydrogen-bond donors (Lipinski definition) is 1. The molecule has 2 aromatic rings. The summed E-state index contributed by atoms with van der Waals surface area (Å²) in [4.78, 5) is 4.14. The van der Waals surface area contributed by atoms with Crippen molar-refractivity contribution >= 4 is 42.6 Å². The Morgan fingerprint density at radius 3 is 2.47 bits per heavy atom. The van der Waals surface area contributed by atoms with Crippen LogP contribution < -0.4 is 4.72 Å². The van der Waals surface area contributed by atoms with Crippen LogP contribution in [0.5, 0.6) is 0 Å². The van der Waals surface area contributed by atoms with Crippen molar-refractivity contribution in [3.05, 3.63) is 34.6 Å². The molecule has 0 saturated carbocycles. The summed E-state index contributed by atoms with van der Waals surface area (Å²) in [5.41, 5.74) is 0. The molecule has 0 aliphatic rings. The number of anilines is 1. The van der Waals surface area contributed by atoms with E-state index in [9.17, 15) is 8.42 Å². The average molecular weight is 334 g/mol. The smallest absolute Gasteiger partial charge is 0.253 e. The summed E-state index contributed by atoms with van der Waals surface area (Å²) >= 11 is 4.26. The van der Waals surface area contributed by atoms with E-state index >= 15 is 0 Å². The topological polar surface area (TPSA) is 72.0 Å². The number of aryl methyl sites for hydroxylation is 1. The minimum Gasteiger partial charge on any atom is -0.253 e. The molecule has 1 aromatic heterocycles. The van der Waals surface area contributed by atoms with Crippen LogP contribution in [0.1, 0.15) is 5.82 Å². The van der Waals surface area contributed by atoms with E-state index in [1.165, 1.54) is 12.1 Å². The van der Waals surface area contributed by atoms with E-state index in [1.54, 1.807) is 19.1 Å². The Bertz CT molecular complexity index is 622. The molecule has 1 N–H and O–H groups in total. The van der Waals surface area contributed by atoms with Gasteiger partial charge in [0.15, 0.2) is 0 Å². The quantitative estimate of drug-likeness (QED) is 0.936. The highest BCUT2D eigenvalue weighted by molar-refractivity contribution is 9.10. The number of nitrogens with zero attached hydrogens (tertiary/aromatic N) is 2. The zero-order chi connectivity index (χ0) is 12.5. The molecule has 0 saturated heterocycles. The first kappa shape index (κ1) is 12.5. The van der Waals surface area contributed by atoms with Crippen LogP contribution in [-0.4, -0.2) is 17.8 Å². The normalized spacial score (nSPS) is 11.4. The van der Waals surface area contributed by atoms with Crippen molar-refractivity contribution < 1.29 is 8.42 Å². The fourth-order valence-electron chi connectivity index (χ4n) is 1.13. The van der Waals surface area contributed by atoms with Crippen molar-refractivity contribution in [2.24, 2.45) is 0 Å². The van der Waals surface area contributed by atoms with Crippen molar-refractivity contribution in [1.82, 2.24) is 9.36 Å². The standard InChI is InChI=1S/C9H8BrN3O2S2/c1-6-11-9(16-12-6)13-17(14,15)8-4-2-7(10)3-5-8/h2-5H,1H3,(H,11,12,13). The van der Waals surface area contributed by atoms with Gasteiger partial charge in [0.2, 0.25) is 5.13 Å². The molecule has 0 amide bonds. The lowest BCUT2D eigenvalue weighted by atomic mass is 10.4. The second-order valence-corrected chi connectivity index (χ2v) is 6.56. The molecule has 5 nitrogen and oxygen atoms in total. The molecule has 17 heavy (non-hydrogen) atoms. The second kappa shape index (κ2) is 4.71. The van der Waals surface area contributed by atoms with E-state index in [0.717, 1.165) is 16.0 Å². The van der Waals surface area contributed by atoms with Gasteiger partial charge in [0, 0.05) is 16.0 Å². The lowest BCUT2D eigenvalue weighted by molar-refractivity contribution is 0.601. The number of aromatic nitrogens is 2. The molecule has 0 radical (unpaired) electrons. The monoisotopic (exact) mass is 333 g/mol. The maximum Gasteiger partial charge on any atom is 0.263 e. The Labute approximate surface area is 111 Å². The van der Waals surface area contributed by atoms with Crippen molar-refractivity contribution in [3.63, 3.8) is 0 Å². The van der Waals surface area contributed by atoms with Gasteiger partial charge in [-0.15, -0.1) is 0 Å². The third kappa shape index (κ3) is 3.02. The highest BCUT2D eigenvalue weighted by Gasteiger charge is 2.15. The molecule has 0 atom stereocenters. The van der Waals surface area contributed by atoms with Crippen LogP contribution in [0.25, 0.3) is 0 Å². The first-order chi connectivity index (χ1) is 7.97. The number of benzene rings is 1. The molecule has 0 bridgehead atoms. The van der Waals surface area contributed by atoms with Crippen LogP contribution >= 0.6 is 27.5 Å². The van der Waals surface area contributed by atoms with E-state index in [4.69, 9.17) is 0 Å². The van der Waals surface area contributed by atoms with Gasteiger partial charge < -0.3 is 0 Å². The highest BCUT2D eigenvalue weighted by Crippen LogP contribution is 2.19. The SMILES string of the molecule is Cc1nsc(NS(=O)(=O)c2ccc(Br)cc2)n1. The molecule has 0 unspecified atom stereocenters. The van der Waals surface area contributed by atoms with Gasteiger partial charge in [0.1, 0.15) is 5.82 Å². The second-order valence-electron chi connectivity index (χ2n) is 3.21. The molecule has 8 heteroatoms. The highest BCUT2D eigenvalue weighted by atomic mass is 79.9. The van der Waals surface area contributed by atoms with Gasteiger partial charge in [-0.3, -0.25) is 4.72 Å². The number of hydrogen-bond acceptors (Lipinski definition) is 5. The number of nitrogens with one attached hydrogen (secondary N) is 1. The van der Waals surface area contributed by atoms with Crippen molar-refractivity contribution in [2.45, 2.75) is 11.8 Å². The van der Waals surface area contributed by atoms with Crippen LogP contribution in [0.3, 0.4) is 0 Å². The molecule has 0 fully saturated rings. The average Bonchev–Trinajstić information content (AvgIpc) is 2.63. The van der Waals surface area contributed by atoms with E-state index < -0.39 is 10.0 Å². The molecule has 0 spiro atoms.